The van der Waals surface area contributed by atoms with Gasteiger partial charge in [0.25, 0.3) is 0 Å². The zero-order chi connectivity index (χ0) is 34.0. The molecular weight excluding hydrogens is 580 g/mol. The standard InChI is InChI=1S/C34H62N2O9/c1-13-26-34(9,40)29-20(3)16-36(12)21(4)15-33(8,42-18-19(2)17-41-29)30(23(6)27(37)24(7)31(39)44-26)45-32-28(38)25(35(10)11)14-22(5)43-32/h20-30,32,37-38,40H,2,13-18H2,1,3-12H3/t20-,21+,22+,23-,24+,25-,26+,27-,28+,29-,30+,32-,33+,34+/m0/s1. The van der Waals surface area contributed by atoms with Crippen LogP contribution in [0.15, 0.2) is 12.2 Å². The molecule has 4 aliphatic rings. The van der Waals surface area contributed by atoms with Crippen LogP contribution in [0.5, 0.6) is 0 Å². The van der Waals surface area contributed by atoms with Gasteiger partial charge in [-0.3, -0.25) is 4.79 Å². The zero-order valence-corrected chi connectivity index (χ0v) is 29.6. The number of nitrogens with zero attached hydrogens (tertiary/aromatic N) is 2. The summed E-state index contributed by atoms with van der Waals surface area (Å²) >= 11 is 0. The quantitative estimate of drug-likeness (QED) is 0.309. The molecular formula is C34H62N2O9. The Balaban J connectivity index is 2.18. The Morgan fingerprint density at radius 2 is 1.73 bits per heavy atom. The summed E-state index contributed by atoms with van der Waals surface area (Å²) in [6, 6.07) is -0.227. The monoisotopic (exact) mass is 642 g/mol. The third-order valence-corrected chi connectivity index (χ3v) is 10.5. The van der Waals surface area contributed by atoms with Crippen molar-refractivity contribution in [1.29, 1.82) is 0 Å². The number of hydrogen-bond acceptors (Lipinski definition) is 11. The first kappa shape index (κ1) is 38.3. The number of carbonyl (C=O) groups is 1. The smallest absolute Gasteiger partial charge is 0.311 e. The maximum absolute atomic E-state index is 13.6. The van der Waals surface area contributed by atoms with Crippen molar-refractivity contribution in [1.82, 2.24) is 9.80 Å². The van der Waals surface area contributed by atoms with E-state index in [4.69, 9.17) is 23.7 Å². The average molecular weight is 643 g/mol. The maximum Gasteiger partial charge on any atom is 0.311 e. The summed E-state index contributed by atoms with van der Waals surface area (Å²) in [6.07, 6.45) is -4.21. The van der Waals surface area contributed by atoms with Gasteiger partial charge in [0, 0.05) is 24.5 Å². The minimum atomic E-state index is -1.52. The van der Waals surface area contributed by atoms with Gasteiger partial charge in [-0.15, -0.1) is 0 Å². The third-order valence-electron chi connectivity index (χ3n) is 10.5. The molecule has 0 radical (unpaired) electrons. The second-order valence-corrected chi connectivity index (χ2v) is 14.9. The SMILES string of the molecule is C=C1CO[C@H]2[C@@H](C)CN(C)[C@H](C)C[C@@](C)(OC1)[C@H](O[C@@H]1O[C@H](C)C[C@H](N(C)C)[C@H]1O)[C@@H](C)[C@H](O)[C@@H](C)C(=O)O[C@H](CC)[C@@]2(C)O. The minimum Gasteiger partial charge on any atom is -0.459 e. The number of hydrogen-bond donors (Lipinski definition) is 3. The lowest BCUT2D eigenvalue weighted by Crippen LogP contribution is -2.60. The van der Waals surface area contributed by atoms with E-state index in [2.05, 4.69) is 18.4 Å². The van der Waals surface area contributed by atoms with Gasteiger partial charge in [0.2, 0.25) is 0 Å². The van der Waals surface area contributed by atoms with Crippen LogP contribution in [0.4, 0.5) is 0 Å². The Hall–Kier alpha value is -1.15. The molecule has 0 aromatic carbocycles. The number of rotatable bonds is 4. The molecule has 0 amide bonds. The summed E-state index contributed by atoms with van der Waals surface area (Å²) in [5, 5.41) is 35.2. The van der Waals surface area contributed by atoms with E-state index in [1.807, 2.05) is 60.7 Å². The highest BCUT2D eigenvalue weighted by atomic mass is 16.7. The van der Waals surface area contributed by atoms with Crippen molar-refractivity contribution in [2.45, 2.75) is 141 Å². The molecule has 0 aromatic heterocycles. The predicted octanol–water partition coefficient (Wildman–Crippen LogP) is 2.59. The van der Waals surface area contributed by atoms with E-state index in [0.717, 1.165) is 0 Å². The average Bonchev–Trinajstić information content (AvgIpc) is 2.96. The summed E-state index contributed by atoms with van der Waals surface area (Å²) in [4.78, 5) is 17.8. The van der Waals surface area contributed by atoms with E-state index < -0.39 is 65.8 Å². The first-order chi connectivity index (χ1) is 20.8. The van der Waals surface area contributed by atoms with Crippen LogP contribution in [0, 0.1) is 17.8 Å². The van der Waals surface area contributed by atoms with Crippen molar-refractivity contribution in [3.8, 4) is 0 Å². The number of aliphatic hydroxyl groups excluding tert-OH is 2. The molecule has 4 rings (SSSR count). The molecule has 4 saturated heterocycles. The van der Waals surface area contributed by atoms with Gasteiger partial charge < -0.3 is 48.8 Å². The van der Waals surface area contributed by atoms with E-state index in [9.17, 15) is 20.1 Å². The van der Waals surface area contributed by atoms with Crippen LogP contribution >= 0.6 is 0 Å². The van der Waals surface area contributed by atoms with Crippen molar-refractivity contribution in [3.63, 3.8) is 0 Å². The highest BCUT2D eigenvalue weighted by Crippen LogP contribution is 2.39. The lowest BCUT2D eigenvalue weighted by Gasteiger charge is -2.49. The highest BCUT2D eigenvalue weighted by molar-refractivity contribution is 5.73. The molecule has 3 N–H and O–H groups in total. The number of fused-ring (bicyclic) bond motifs is 15. The van der Waals surface area contributed by atoms with Gasteiger partial charge in [-0.25, -0.2) is 0 Å². The second kappa shape index (κ2) is 15.4. The zero-order valence-electron chi connectivity index (χ0n) is 29.6. The van der Waals surface area contributed by atoms with E-state index >= 15 is 0 Å². The molecule has 0 aromatic rings. The van der Waals surface area contributed by atoms with Crippen LogP contribution in [-0.2, 0) is 28.5 Å². The molecule has 4 fully saturated rings. The largest absolute Gasteiger partial charge is 0.459 e. The summed E-state index contributed by atoms with van der Waals surface area (Å²) < 4.78 is 32.0. The summed E-state index contributed by atoms with van der Waals surface area (Å²) in [7, 11) is 5.87. The number of aliphatic hydroxyl groups is 3. The number of likely N-dealkylation sites (N-methyl/N-ethyl adjacent to an activating group) is 1. The fraction of sp³-hybridized carbons (Fsp3) is 0.912. The molecule has 262 valence electrons. The summed E-state index contributed by atoms with van der Waals surface area (Å²) in [5.74, 6) is -2.38. The Kier molecular flexibility index (Phi) is 13.1. The lowest BCUT2D eigenvalue weighted by atomic mass is 9.78. The molecule has 4 aliphatic heterocycles. The van der Waals surface area contributed by atoms with Crippen molar-refractivity contribution >= 4 is 5.97 Å². The molecule has 0 aliphatic carbocycles. The van der Waals surface area contributed by atoms with Crippen molar-refractivity contribution in [2.24, 2.45) is 17.8 Å². The highest BCUT2D eigenvalue weighted by Gasteiger charge is 2.51. The number of carbonyl (C=O) groups excluding carboxylic acids is 1. The number of esters is 1. The molecule has 2 bridgehead atoms. The molecule has 0 unspecified atom stereocenters. The number of ether oxygens (including phenoxy) is 5. The normalized spacial score (nSPS) is 46.9. The van der Waals surface area contributed by atoms with E-state index in [1.54, 1.807) is 13.8 Å². The summed E-state index contributed by atoms with van der Waals surface area (Å²) in [5.41, 5.74) is -1.87. The van der Waals surface area contributed by atoms with Gasteiger partial charge in [-0.2, -0.15) is 0 Å². The van der Waals surface area contributed by atoms with Crippen molar-refractivity contribution < 1.29 is 43.8 Å². The fourth-order valence-electron chi connectivity index (χ4n) is 7.60. The van der Waals surface area contributed by atoms with Gasteiger partial charge >= 0.3 is 5.97 Å². The molecule has 45 heavy (non-hydrogen) atoms. The van der Waals surface area contributed by atoms with Crippen LogP contribution in [-0.4, -0.2) is 138 Å². The Morgan fingerprint density at radius 1 is 1.09 bits per heavy atom. The van der Waals surface area contributed by atoms with Crippen LogP contribution in [0.25, 0.3) is 0 Å². The first-order valence-electron chi connectivity index (χ1n) is 16.7. The van der Waals surface area contributed by atoms with Gasteiger partial charge in [0.05, 0.1) is 49.1 Å². The molecule has 11 nitrogen and oxygen atoms in total. The molecule has 0 spiro atoms. The molecule has 11 heteroatoms. The van der Waals surface area contributed by atoms with Crippen LogP contribution in [0.1, 0.15) is 74.7 Å². The van der Waals surface area contributed by atoms with Gasteiger partial charge in [0.15, 0.2) is 6.29 Å². The Bertz CT molecular complexity index is 995. The molecule has 0 saturated carbocycles. The van der Waals surface area contributed by atoms with Crippen molar-refractivity contribution in [2.75, 3.05) is 40.9 Å². The Labute approximate surface area is 271 Å². The third kappa shape index (κ3) is 8.66. The topological polar surface area (TPSA) is 130 Å². The summed E-state index contributed by atoms with van der Waals surface area (Å²) in [6.45, 7) is 20.1. The van der Waals surface area contributed by atoms with Crippen LogP contribution in [0.3, 0.4) is 0 Å². The first-order valence-corrected chi connectivity index (χ1v) is 16.7. The van der Waals surface area contributed by atoms with Gasteiger partial charge in [-0.05, 0) is 86.5 Å². The maximum atomic E-state index is 13.6. The minimum absolute atomic E-state index is 0.0285. The van der Waals surface area contributed by atoms with E-state index in [0.29, 0.717) is 31.4 Å². The van der Waals surface area contributed by atoms with Crippen molar-refractivity contribution in [3.05, 3.63) is 12.2 Å². The molecule has 4 heterocycles. The fourth-order valence-corrected chi connectivity index (χ4v) is 7.60. The Morgan fingerprint density at radius 3 is 2.33 bits per heavy atom. The van der Waals surface area contributed by atoms with E-state index in [1.165, 1.54) is 0 Å². The van der Waals surface area contributed by atoms with E-state index in [-0.39, 0.29) is 37.3 Å². The predicted molar refractivity (Wildman–Crippen MR) is 172 cm³/mol. The van der Waals surface area contributed by atoms with Crippen LogP contribution < -0.4 is 0 Å². The van der Waals surface area contributed by atoms with Gasteiger partial charge in [0.1, 0.15) is 17.8 Å². The molecule has 14 atom stereocenters. The second-order valence-electron chi connectivity index (χ2n) is 14.9. The van der Waals surface area contributed by atoms with Gasteiger partial charge in [-0.1, -0.05) is 27.4 Å². The van der Waals surface area contributed by atoms with Crippen LogP contribution in [0.2, 0.25) is 0 Å². The lowest BCUT2D eigenvalue weighted by molar-refractivity contribution is -0.303.